The van der Waals surface area contributed by atoms with Gasteiger partial charge in [0.1, 0.15) is 0 Å². The molecule has 0 bridgehead atoms. The number of hydrogen-bond acceptors (Lipinski definition) is 4. The molecule has 0 aliphatic carbocycles. The number of likely N-dealkylation sites (tertiary alicyclic amines) is 2. The van der Waals surface area contributed by atoms with Crippen molar-refractivity contribution in [2.75, 3.05) is 19.6 Å². The number of aromatic nitrogens is 1. The van der Waals surface area contributed by atoms with E-state index in [-0.39, 0.29) is 11.9 Å². The van der Waals surface area contributed by atoms with Crippen LogP contribution >= 0.6 is 11.3 Å². The van der Waals surface area contributed by atoms with Crippen LogP contribution in [0.25, 0.3) is 0 Å². The highest BCUT2D eigenvalue weighted by Crippen LogP contribution is 2.31. The normalized spacial score (nSPS) is 21.1. The van der Waals surface area contributed by atoms with Gasteiger partial charge in [-0.2, -0.15) is 11.3 Å². The van der Waals surface area contributed by atoms with Crippen molar-refractivity contribution >= 4 is 17.2 Å². The minimum Gasteiger partial charge on any atom is -0.334 e. The lowest BCUT2D eigenvalue weighted by Gasteiger charge is -2.25. The van der Waals surface area contributed by atoms with Crippen molar-refractivity contribution in [3.05, 3.63) is 52.0 Å². The van der Waals surface area contributed by atoms with Crippen molar-refractivity contribution in [2.45, 2.75) is 44.7 Å². The molecular weight excluding hydrogens is 330 g/mol. The number of carbonyl (C=O) groups is 1. The second kappa shape index (κ2) is 7.67. The molecule has 4 heterocycles. The molecule has 0 N–H and O–H groups in total. The number of pyridine rings is 1. The highest BCUT2D eigenvalue weighted by molar-refractivity contribution is 7.08. The summed E-state index contributed by atoms with van der Waals surface area (Å²) in [4.78, 5) is 22.2. The quantitative estimate of drug-likeness (QED) is 0.821. The molecule has 2 aliphatic heterocycles. The van der Waals surface area contributed by atoms with E-state index in [1.807, 2.05) is 16.3 Å². The van der Waals surface area contributed by atoms with E-state index in [0.717, 1.165) is 42.9 Å². The van der Waals surface area contributed by atoms with Gasteiger partial charge >= 0.3 is 0 Å². The van der Waals surface area contributed by atoms with Crippen LogP contribution in [0, 0.1) is 0 Å². The average molecular weight is 356 g/mol. The summed E-state index contributed by atoms with van der Waals surface area (Å²) < 4.78 is 0. The van der Waals surface area contributed by atoms with E-state index in [1.165, 1.54) is 25.9 Å². The Labute approximate surface area is 153 Å². The van der Waals surface area contributed by atoms with E-state index in [0.29, 0.717) is 6.42 Å². The molecule has 132 valence electrons. The second-order valence-corrected chi connectivity index (χ2v) is 7.87. The maximum absolute atomic E-state index is 12.8. The molecule has 5 heteroatoms. The van der Waals surface area contributed by atoms with E-state index in [4.69, 9.17) is 4.98 Å². The van der Waals surface area contributed by atoms with Crippen LogP contribution in [0.3, 0.4) is 0 Å². The molecule has 0 unspecified atom stereocenters. The zero-order chi connectivity index (χ0) is 17.1. The van der Waals surface area contributed by atoms with Gasteiger partial charge in [-0.1, -0.05) is 6.07 Å². The summed E-state index contributed by atoms with van der Waals surface area (Å²) in [6.45, 7) is 4.15. The van der Waals surface area contributed by atoms with E-state index >= 15 is 0 Å². The summed E-state index contributed by atoms with van der Waals surface area (Å²) in [5, 5.41) is 4.10. The molecule has 0 radical (unpaired) electrons. The topological polar surface area (TPSA) is 36.4 Å². The van der Waals surface area contributed by atoms with E-state index in [1.54, 1.807) is 11.3 Å². The Morgan fingerprint density at radius 2 is 2.04 bits per heavy atom. The third-order valence-electron chi connectivity index (χ3n) is 5.26. The van der Waals surface area contributed by atoms with E-state index in [2.05, 4.69) is 28.5 Å². The van der Waals surface area contributed by atoms with Crippen LogP contribution < -0.4 is 0 Å². The minimum atomic E-state index is 0.143. The Kier molecular flexibility index (Phi) is 5.13. The minimum absolute atomic E-state index is 0.143. The first-order valence-corrected chi connectivity index (χ1v) is 10.2. The van der Waals surface area contributed by atoms with Crippen molar-refractivity contribution in [2.24, 2.45) is 0 Å². The first-order chi connectivity index (χ1) is 12.3. The van der Waals surface area contributed by atoms with Gasteiger partial charge in [-0.25, -0.2) is 0 Å². The lowest BCUT2D eigenvalue weighted by Crippen LogP contribution is -2.32. The predicted molar refractivity (Wildman–Crippen MR) is 100 cm³/mol. The molecule has 4 nitrogen and oxygen atoms in total. The summed E-state index contributed by atoms with van der Waals surface area (Å²) in [5.74, 6) is 0.229. The number of nitrogens with zero attached hydrogens (tertiary/aromatic N) is 3. The third-order valence-corrected chi connectivity index (χ3v) is 5.99. The predicted octanol–water partition coefficient (Wildman–Crippen LogP) is 3.65. The largest absolute Gasteiger partial charge is 0.334 e. The zero-order valence-corrected chi connectivity index (χ0v) is 15.4. The Morgan fingerprint density at radius 3 is 2.84 bits per heavy atom. The monoisotopic (exact) mass is 355 g/mol. The van der Waals surface area contributed by atoms with Crippen LogP contribution in [0.4, 0.5) is 0 Å². The van der Waals surface area contributed by atoms with E-state index < -0.39 is 0 Å². The van der Waals surface area contributed by atoms with Gasteiger partial charge in [0.15, 0.2) is 0 Å². The number of carbonyl (C=O) groups excluding carboxylic acids is 1. The standard InChI is InChI=1S/C20H25N3OS/c24-20(13-16-8-12-25-15-16)23-11-4-7-19(23)18-6-3-5-17(21-18)14-22-9-1-2-10-22/h3,5-6,8,12,15,19H,1-2,4,7,9-11,13-14H2/t19-/m1/s1. The molecule has 1 amide bonds. The summed E-state index contributed by atoms with van der Waals surface area (Å²) >= 11 is 1.65. The molecule has 2 fully saturated rings. The fourth-order valence-electron chi connectivity index (χ4n) is 3.98. The van der Waals surface area contributed by atoms with Gasteiger partial charge in [-0.3, -0.25) is 14.7 Å². The molecule has 1 atom stereocenters. The van der Waals surface area contributed by atoms with Crippen molar-refractivity contribution in [1.29, 1.82) is 0 Å². The Morgan fingerprint density at radius 1 is 1.16 bits per heavy atom. The van der Waals surface area contributed by atoms with Crippen LogP contribution in [0.2, 0.25) is 0 Å². The SMILES string of the molecule is O=C(Cc1ccsc1)N1CCC[C@@H]1c1cccc(CN2CCCC2)n1. The molecule has 2 saturated heterocycles. The zero-order valence-electron chi connectivity index (χ0n) is 14.6. The Bertz CT molecular complexity index is 709. The highest BCUT2D eigenvalue weighted by Gasteiger charge is 2.31. The van der Waals surface area contributed by atoms with Gasteiger partial charge in [0, 0.05) is 13.1 Å². The lowest BCUT2D eigenvalue weighted by molar-refractivity contribution is -0.131. The van der Waals surface area contributed by atoms with Crippen molar-refractivity contribution in [3.63, 3.8) is 0 Å². The third kappa shape index (κ3) is 3.93. The number of rotatable bonds is 5. The first kappa shape index (κ1) is 16.7. The molecule has 0 saturated carbocycles. The number of thiophene rings is 1. The summed E-state index contributed by atoms with van der Waals surface area (Å²) in [5.41, 5.74) is 3.32. The van der Waals surface area contributed by atoms with Crippen LogP contribution in [-0.2, 0) is 17.8 Å². The Balaban J connectivity index is 1.46. The van der Waals surface area contributed by atoms with Crippen LogP contribution in [0.5, 0.6) is 0 Å². The van der Waals surface area contributed by atoms with Crippen molar-refractivity contribution in [3.8, 4) is 0 Å². The van der Waals surface area contributed by atoms with Crippen LogP contribution in [-0.4, -0.2) is 40.3 Å². The van der Waals surface area contributed by atoms with E-state index in [9.17, 15) is 4.79 Å². The molecule has 2 aromatic heterocycles. The average Bonchev–Trinajstić information content (AvgIpc) is 3.37. The van der Waals surface area contributed by atoms with Gasteiger partial charge in [0.05, 0.1) is 23.9 Å². The smallest absolute Gasteiger partial charge is 0.227 e. The lowest BCUT2D eigenvalue weighted by atomic mass is 10.1. The summed E-state index contributed by atoms with van der Waals surface area (Å²) in [7, 11) is 0. The van der Waals surface area contributed by atoms with Gasteiger partial charge in [-0.15, -0.1) is 0 Å². The van der Waals surface area contributed by atoms with Gasteiger partial charge in [-0.05, 0) is 73.3 Å². The fourth-order valence-corrected chi connectivity index (χ4v) is 4.65. The maximum atomic E-state index is 12.8. The second-order valence-electron chi connectivity index (χ2n) is 7.09. The molecule has 2 aliphatic rings. The maximum Gasteiger partial charge on any atom is 0.227 e. The van der Waals surface area contributed by atoms with Crippen LogP contribution in [0.15, 0.2) is 35.0 Å². The molecule has 2 aromatic rings. The Hall–Kier alpha value is -1.72. The first-order valence-electron chi connectivity index (χ1n) is 9.28. The fraction of sp³-hybridized carbons (Fsp3) is 0.500. The molecule has 0 spiro atoms. The number of hydrogen-bond donors (Lipinski definition) is 0. The summed E-state index contributed by atoms with van der Waals surface area (Å²) in [6, 6.07) is 8.50. The highest BCUT2D eigenvalue weighted by atomic mass is 32.1. The molecular formula is C20H25N3OS. The van der Waals surface area contributed by atoms with Gasteiger partial charge < -0.3 is 4.90 Å². The van der Waals surface area contributed by atoms with Gasteiger partial charge in [0.2, 0.25) is 5.91 Å². The number of amides is 1. The molecule has 0 aromatic carbocycles. The van der Waals surface area contributed by atoms with Crippen molar-refractivity contribution in [1.82, 2.24) is 14.8 Å². The van der Waals surface area contributed by atoms with Crippen LogP contribution in [0.1, 0.15) is 48.7 Å². The molecule has 25 heavy (non-hydrogen) atoms. The van der Waals surface area contributed by atoms with Gasteiger partial charge in [0.25, 0.3) is 0 Å². The van der Waals surface area contributed by atoms with Crippen molar-refractivity contribution < 1.29 is 4.79 Å². The summed E-state index contributed by atoms with van der Waals surface area (Å²) in [6.07, 6.45) is 5.20. The molecule has 4 rings (SSSR count).